The lowest BCUT2D eigenvalue weighted by Crippen LogP contribution is -2.53. The van der Waals surface area contributed by atoms with Crippen LogP contribution >= 0.6 is 23.4 Å². The third-order valence-corrected chi connectivity index (χ3v) is 9.99. The number of thioether (sulfide) groups is 1. The van der Waals surface area contributed by atoms with Gasteiger partial charge in [-0.2, -0.15) is 0 Å². The number of aliphatic hydroxyl groups excluding tert-OH is 1. The summed E-state index contributed by atoms with van der Waals surface area (Å²) in [6.45, 7) is 3.03. The number of hydrogen-bond donors (Lipinski definition) is 1. The fourth-order valence-electron chi connectivity index (χ4n) is 6.28. The maximum Gasteiger partial charge on any atom is 0.311 e. The van der Waals surface area contributed by atoms with Gasteiger partial charge in [-0.3, -0.25) is 14.4 Å². The molecule has 5 atom stereocenters. The van der Waals surface area contributed by atoms with E-state index in [-0.39, 0.29) is 24.4 Å². The minimum absolute atomic E-state index is 0.0125. The number of cyclic esters (lactones) is 1. The van der Waals surface area contributed by atoms with Gasteiger partial charge in [-0.25, -0.2) is 0 Å². The molecule has 2 amide bonds. The molecule has 1 aromatic carbocycles. The summed E-state index contributed by atoms with van der Waals surface area (Å²) >= 11 is 7.65. The number of unbranched alkanes of at least 4 members (excludes halogenated alkanes) is 1. The Morgan fingerprint density at radius 3 is 2.59 bits per heavy atom. The number of allylic oxidation sites excluding steroid dienone is 1. The third kappa shape index (κ3) is 4.51. The van der Waals surface area contributed by atoms with Crippen LogP contribution in [-0.2, 0) is 19.1 Å². The number of rotatable bonds is 5. The molecule has 0 saturated carbocycles. The second kappa shape index (κ2) is 10.5. The Balaban J connectivity index is 1.61. The quantitative estimate of drug-likeness (QED) is 0.343. The molecule has 0 aliphatic carbocycles. The number of esters is 1. The van der Waals surface area contributed by atoms with Crippen LogP contribution in [0.2, 0.25) is 5.02 Å². The highest BCUT2D eigenvalue weighted by molar-refractivity contribution is 8.02. The van der Waals surface area contributed by atoms with Crippen molar-refractivity contribution < 1.29 is 24.2 Å². The van der Waals surface area contributed by atoms with Gasteiger partial charge in [-0.1, -0.05) is 35.9 Å². The number of nitrogens with zero attached hydrogens (tertiary/aromatic N) is 2. The van der Waals surface area contributed by atoms with E-state index >= 15 is 0 Å². The molecule has 1 spiro atoms. The Labute approximate surface area is 226 Å². The number of ether oxygens (including phenoxy) is 1. The molecular weight excluding hydrogens is 512 g/mol. The Morgan fingerprint density at radius 2 is 1.84 bits per heavy atom. The van der Waals surface area contributed by atoms with Crippen molar-refractivity contribution in [3.63, 3.8) is 0 Å². The van der Waals surface area contributed by atoms with E-state index in [9.17, 15) is 19.5 Å². The third-order valence-electron chi connectivity index (χ3n) is 7.95. The van der Waals surface area contributed by atoms with Crippen molar-refractivity contribution in [1.29, 1.82) is 0 Å². The molecule has 0 radical (unpaired) electrons. The molecule has 2 saturated heterocycles. The Hall–Kier alpha value is -2.29. The minimum Gasteiger partial charge on any atom is -0.465 e. The molecule has 4 heterocycles. The van der Waals surface area contributed by atoms with Crippen LogP contribution < -0.4 is 4.90 Å². The fraction of sp³-hybridized carbons (Fsp3) is 0.536. The average Bonchev–Trinajstić information content (AvgIpc) is 3.19. The maximum atomic E-state index is 14.3. The predicted molar refractivity (Wildman–Crippen MR) is 144 cm³/mol. The monoisotopic (exact) mass is 544 g/mol. The number of benzene rings is 1. The van der Waals surface area contributed by atoms with Gasteiger partial charge < -0.3 is 19.6 Å². The molecule has 4 aliphatic heterocycles. The lowest BCUT2D eigenvalue weighted by atomic mass is 9.74. The zero-order valence-corrected chi connectivity index (χ0v) is 22.5. The van der Waals surface area contributed by atoms with Gasteiger partial charge >= 0.3 is 5.97 Å². The van der Waals surface area contributed by atoms with E-state index in [1.54, 1.807) is 45.8 Å². The summed E-state index contributed by atoms with van der Waals surface area (Å²) in [5.74, 6) is -2.16. The van der Waals surface area contributed by atoms with E-state index < -0.39 is 27.4 Å². The van der Waals surface area contributed by atoms with Crippen LogP contribution in [0.3, 0.4) is 0 Å². The number of halogens is 1. The smallest absolute Gasteiger partial charge is 0.311 e. The van der Waals surface area contributed by atoms with Crippen molar-refractivity contribution in [3.05, 3.63) is 53.6 Å². The second-order valence-electron chi connectivity index (χ2n) is 10.4. The summed E-state index contributed by atoms with van der Waals surface area (Å²) in [6.07, 6.45) is 11.8. The molecule has 2 fully saturated rings. The van der Waals surface area contributed by atoms with Crippen LogP contribution in [0.1, 0.15) is 39.0 Å². The number of carbonyl (C=O) groups is 3. The van der Waals surface area contributed by atoms with E-state index in [1.807, 2.05) is 19.1 Å². The molecule has 0 bridgehead atoms. The summed E-state index contributed by atoms with van der Waals surface area (Å²) in [7, 11) is 0. The van der Waals surface area contributed by atoms with Crippen LogP contribution in [-0.4, -0.2) is 69.6 Å². The van der Waals surface area contributed by atoms with Gasteiger partial charge in [0.2, 0.25) is 5.91 Å². The first-order valence-electron chi connectivity index (χ1n) is 13.0. The molecule has 1 N–H and O–H groups in total. The fourth-order valence-corrected chi connectivity index (χ4v) is 8.56. The van der Waals surface area contributed by atoms with Crippen LogP contribution in [0.25, 0.3) is 0 Å². The first-order valence-corrected chi connectivity index (χ1v) is 14.2. The number of likely N-dealkylation sites (tertiary alicyclic amines) is 1. The van der Waals surface area contributed by atoms with Crippen LogP contribution in [0.5, 0.6) is 0 Å². The van der Waals surface area contributed by atoms with Crippen molar-refractivity contribution in [2.45, 2.75) is 54.6 Å². The lowest BCUT2D eigenvalue weighted by molar-refractivity contribution is -0.154. The van der Waals surface area contributed by atoms with Gasteiger partial charge in [0.25, 0.3) is 5.91 Å². The first kappa shape index (κ1) is 26.3. The SMILES string of the molecule is C[C@]12/C=C\CCCCOC(=O)[C@H]1[C@H]1C(=O)N(CCCCO)C3C(=O)N(c4ccc(Cl)cc4)CC=C[C@@]31S2. The second-order valence-corrected chi connectivity index (χ2v) is 12.6. The minimum atomic E-state index is -0.911. The highest BCUT2D eigenvalue weighted by Gasteiger charge is 2.73. The molecule has 37 heavy (non-hydrogen) atoms. The molecule has 4 aliphatic rings. The Kier molecular flexibility index (Phi) is 7.44. The predicted octanol–water partition coefficient (Wildman–Crippen LogP) is 3.99. The number of hydrogen-bond acceptors (Lipinski definition) is 6. The number of fused-ring (bicyclic) bond motifs is 2. The van der Waals surface area contributed by atoms with Crippen molar-refractivity contribution in [1.82, 2.24) is 4.90 Å². The molecule has 5 rings (SSSR count). The number of anilines is 1. The van der Waals surface area contributed by atoms with Gasteiger partial charge in [0.1, 0.15) is 6.04 Å². The standard InChI is InChI=1S/C28H33ClN2O5S/c1-27-13-4-2-3-7-18-36-26(35)22(27)21-24(33)31(15-5-6-17-32)23-25(34)30(16-8-14-28(21,23)37-27)20-11-9-19(29)10-12-20/h4,8-14,21-23,32H,2-3,5-7,15-18H2,1H3/b13-4-/t21-,22+,23?,27-,28-/m0/s1. The Bertz CT molecular complexity index is 1120. The van der Waals surface area contributed by atoms with Gasteiger partial charge in [0.05, 0.1) is 23.2 Å². The number of carbonyl (C=O) groups excluding carboxylic acids is 3. The average molecular weight is 545 g/mol. The van der Waals surface area contributed by atoms with E-state index in [1.165, 1.54) is 0 Å². The summed E-state index contributed by atoms with van der Waals surface area (Å²) in [4.78, 5) is 45.4. The van der Waals surface area contributed by atoms with Crippen LogP contribution in [0.4, 0.5) is 5.69 Å². The lowest BCUT2D eigenvalue weighted by Gasteiger charge is -2.37. The van der Waals surface area contributed by atoms with Gasteiger partial charge in [-0.05, 0) is 63.3 Å². The molecule has 0 aromatic heterocycles. The summed E-state index contributed by atoms with van der Waals surface area (Å²) in [6, 6.07) is 6.33. The number of amides is 2. The molecule has 1 aromatic rings. The topological polar surface area (TPSA) is 87.1 Å². The van der Waals surface area contributed by atoms with E-state index in [0.29, 0.717) is 43.2 Å². The zero-order chi connectivity index (χ0) is 26.2. The van der Waals surface area contributed by atoms with Crippen LogP contribution in [0.15, 0.2) is 48.6 Å². The molecule has 9 heteroatoms. The highest BCUT2D eigenvalue weighted by atomic mass is 35.5. The van der Waals surface area contributed by atoms with Crippen LogP contribution in [0, 0.1) is 11.8 Å². The van der Waals surface area contributed by atoms with Crippen molar-refractivity contribution in [2.75, 3.05) is 31.2 Å². The largest absolute Gasteiger partial charge is 0.465 e. The molecule has 7 nitrogen and oxygen atoms in total. The van der Waals surface area contributed by atoms with E-state index in [4.69, 9.17) is 16.3 Å². The van der Waals surface area contributed by atoms with E-state index in [2.05, 4.69) is 12.2 Å². The van der Waals surface area contributed by atoms with Gasteiger partial charge in [0, 0.05) is 35.2 Å². The van der Waals surface area contributed by atoms with E-state index in [0.717, 1.165) is 19.3 Å². The summed E-state index contributed by atoms with van der Waals surface area (Å²) in [5.41, 5.74) is 0.704. The maximum absolute atomic E-state index is 14.3. The molecule has 1 unspecified atom stereocenters. The number of aliphatic hydroxyl groups is 1. The summed E-state index contributed by atoms with van der Waals surface area (Å²) in [5, 5.41) is 9.94. The Morgan fingerprint density at radius 1 is 1.05 bits per heavy atom. The highest BCUT2D eigenvalue weighted by Crippen LogP contribution is 2.65. The molecular formula is C28H33ClN2O5S. The first-order chi connectivity index (χ1) is 17.8. The van der Waals surface area contributed by atoms with Gasteiger partial charge in [-0.15, -0.1) is 11.8 Å². The van der Waals surface area contributed by atoms with Gasteiger partial charge in [0.15, 0.2) is 0 Å². The summed E-state index contributed by atoms with van der Waals surface area (Å²) < 4.78 is 4.10. The normalized spacial score (nSPS) is 34.5. The molecule has 198 valence electrons. The van der Waals surface area contributed by atoms with Crippen molar-refractivity contribution in [3.8, 4) is 0 Å². The van der Waals surface area contributed by atoms with Crippen molar-refractivity contribution >= 4 is 46.8 Å². The zero-order valence-electron chi connectivity index (χ0n) is 21.0. The van der Waals surface area contributed by atoms with Crippen molar-refractivity contribution in [2.24, 2.45) is 11.8 Å².